The van der Waals surface area contributed by atoms with E-state index < -0.39 is 29.7 Å². The Morgan fingerprint density at radius 2 is 1.94 bits per heavy atom. The molecule has 2 amide bonds. The van der Waals surface area contributed by atoms with Crippen LogP contribution in [0.25, 0.3) is 0 Å². The van der Waals surface area contributed by atoms with Gasteiger partial charge in [0.25, 0.3) is 5.91 Å². The van der Waals surface area contributed by atoms with Crippen LogP contribution in [0, 0.1) is 11.8 Å². The third kappa shape index (κ3) is 6.99. The zero-order valence-corrected chi connectivity index (χ0v) is 19.8. The molecular weight excluding hydrogens is 440 g/mol. The molecule has 0 radical (unpaired) electrons. The maximum atomic E-state index is 13.1. The molecule has 176 valence electrons. The SMILES string of the molecule is CC(C)C(NC(=O)OCc1ccccc1)C(=O)CC1CCCc2sccc2CNC(=O)C1=O. The van der Waals surface area contributed by atoms with E-state index in [2.05, 4.69) is 10.6 Å². The van der Waals surface area contributed by atoms with Crippen molar-refractivity contribution in [2.75, 3.05) is 0 Å². The second-order valence-corrected chi connectivity index (χ2v) is 9.60. The van der Waals surface area contributed by atoms with Gasteiger partial charge in [-0.05, 0) is 47.8 Å². The molecular formula is C25H30N2O5S. The number of nitrogens with one attached hydrogen (secondary N) is 2. The number of amides is 2. The average Bonchev–Trinajstić information content (AvgIpc) is 3.25. The van der Waals surface area contributed by atoms with Crippen molar-refractivity contribution in [1.29, 1.82) is 0 Å². The standard InChI is InChI=1S/C25H30N2O5S/c1-16(2)22(27-25(31)32-15-17-7-4-3-5-8-17)20(28)13-18-9-6-10-21-19(11-12-33-21)14-26-24(30)23(18)29/h3-5,7-8,11-12,16,18,22H,6,9-10,13-15H2,1-2H3,(H,26,30)(H,27,31). The predicted octanol–water partition coefficient (Wildman–Crippen LogP) is 3.80. The minimum atomic E-state index is -0.802. The van der Waals surface area contributed by atoms with Crippen molar-refractivity contribution in [3.63, 3.8) is 0 Å². The molecule has 1 aliphatic rings. The number of rotatable bonds is 7. The molecule has 8 heteroatoms. The number of ether oxygens (including phenoxy) is 1. The van der Waals surface area contributed by atoms with Gasteiger partial charge < -0.3 is 15.4 Å². The van der Waals surface area contributed by atoms with Crippen LogP contribution in [0.1, 0.15) is 49.1 Å². The normalized spacial score (nSPS) is 17.6. The van der Waals surface area contributed by atoms with Crippen LogP contribution in [0.2, 0.25) is 0 Å². The summed E-state index contributed by atoms with van der Waals surface area (Å²) in [4.78, 5) is 51.7. The number of hydrogen-bond donors (Lipinski definition) is 2. The van der Waals surface area contributed by atoms with Crippen LogP contribution < -0.4 is 10.6 Å². The van der Waals surface area contributed by atoms with E-state index in [0.717, 1.165) is 17.5 Å². The summed E-state index contributed by atoms with van der Waals surface area (Å²) in [6, 6.07) is 10.4. The summed E-state index contributed by atoms with van der Waals surface area (Å²) in [5.41, 5.74) is 1.88. The summed E-state index contributed by atoms with van der Waals surface area (Å²) in [7, 11) is 0. The first-order valence-electron chi connectivity index (χ1n) is 11.2. The molecule has 2 heterocycles. The van der Waals surface area contributed by atoms with Crippen molar-refractivity contribution < 1.29 is 23.9 Å². The molecule has 0 aliphatic carbocycles. The Balaban J connectivity index is 1.61. The largest absolute Gasteiger partial charge is 0.445 e. The van der Waals surface area contributed by atoms with Crippen LogP contribution >= 0.6 is 11.3 Å². The number of ketones is 2. The lowest BCUT2D eigenvalue weighted by Crippen LogP contribution is -2.46. The summed E-state index contributed by atoms with van der Waals surface area (Å²) in [6.45, 7) is 4.05. The smallest absolute Gasteiger partial charge is 0.408 e. The highest BCUT2D eigenvalue weighted by atomic mass is 32.1. The Morgan fingerprint density at radius 3 is 2.67 bits per heavy atom. The van der Waals surface area contributed by atoms with E-state index in [1.54, 1.807) is 11.3 Å². The van der Waals surface area contributed by atoms with E-state index in [1.165, 1.54) is 4.88 Å². The minimum Gasteiger partial charge on any atom is -0.445 e. The number of Topliss-reactive ketones (excluding diaryl/α,β-unsaturated/α-hetero) is 2. The van der Waals surface area contributed by atoms with Crippen LogP contribution in [0.5, 0.6) is 0 Å². The number of benzene rings is 1. The summed E-state index contributed by atoms with van der Waals surface area (Å²) in [5, 5.41) is 7.30. The summed E-state index contributed by atoms with van der Waals surface area (Å²) >= 11 is 1.64. The first-order chi connectivity index (χ1) is 15.8. The van der Waals surface area contributed by atoms with Gasteiger partial charge in [-0.15, -0.1) is 11.3 Å². The molecule has 0 bridgehead atoms. The topological polar surface area (TPSA) is 102 Å². The molecule has 2 unspecified atom stereocenters. The van der Waals surface area contributed by atoms with Crippen molar-refractivity contribution in [2.24, 2.45) is 11.8 Å². The van der Waals surface area contributed by atoms with Gasteiger partial charge in [-0.1, -0.05) is 44.2 Å². The number of fused-ring (bicyclic) bond motifs is 1. The first-order valence-corrected chi connectivity index (χ1v) is 12.1. The quantitative estimate of drug-likeness (QED) is 0.600. The van der Waals surface area contributed by atoms with Crippen LogP contribution in [0.4, 0.5) is 4.79 Å². The van der Waals surface area contributed by atoms with Gasteiger partial charge in [-0.25, -0.2) is 4.79 Å². The molecule has 1 aliphatic heterocycles. The Kier molecular flexibility index (Phi) is 8.77. The van der Waals surface area contributed by atoms with Crippen LogP contribution in [-0.4, -0.2) is 29.6 Å². The number of thiophene rings is 1. The fourth-order valence-electron chi connectivity index (χ4n) is 3.91. The van der Waals surface area contributed by atoms with E-state index in [4.69, 9.17) is 4.74 Å². The van der Waals surface area contributed by atoms with Gasteiger partial charge in [0.1, 0.15) is 6.61 Å². The second-order valence-electron chi connectivity index (χ2n) is 8.60. The van der Waals surface area contributed by atoms with Gasteiger partial charge in [0.05, 0.1) is 6.04 Å². The predicted molar refractivity (Wildman–Crippen MR) is 126 cm³/mol. The van der Waals surface area contributed by atoms with E-state index >= 15 is 0 Å². The van der Waals surface area contributed by atoms with Gasteiger partial charge in [-0.3, -0.25) is 14.4 Å². The zero-order chi connectivity index (χ0) is 23.8. The van der Waals surface area contributed by atoms with E-state index in [9.17, 15) is 19.2 Å². The van der Waals surface area contributed by atoms with Crippen LogP contribution in [-0.2, 0) is 38.7 Å². The van der Waals surface area contributed by atoms with Gasteiger partial charge in [0, 0.05) is 23.8 Å². The molecule has 0 fully saturated rings. The van der Waals surface area contributed by atoms with Crippen molar-refractivity contribution in [3.8, 4) is 0 Å². The molecule has 2 aromatic rings. The lowest BCUT2D eigenvalue weighted by molar-refractivity contribution is -0.141. The van der Waals surface area contributed by atoms with Crippen molar-refractivity contribution >= 4 is 34.9 Å². The summed E-state index contributed by atoms with van der Waals surface area (Å²) in [6.07, 6.45) is 1.18. The van der Waals surface area contributed by atoms with E-state index in [0.29, 0.717) is 19.4 Å². The number of hydrogen-bond acceptors (Lipinski definition) is 6. The maximum Gasteiger partial charge on any atom is 0.408 e. The molecule has 2 N–H and O–H groups in total. The number of alkyl carbamates (subject to hydrolysis) is 1. The average molecular weight is 471 g/mol. The van der Waals surface area contributed by atoms with Crippen LogP contribution in [0.3, 0.4) is 0 Å². The summed E-state index contributed by atoms with van der Waals surface area (Å²) in [5.74, 6) is -2.41. The Bertz CT molecular complexity index is 986. The van der Waals surface area contributed by atoms with Crippen molar-refractivity contribution in [3.05, 3.63) is 57.8 Å². The third-order valence-corrected chi connectivity index (χ3v) is 6.80. The van der Waals surface area contributed by atoms with Crippen molar-refractivity contribution in [1.82, 2.24) is 10.6 Å². The highest BCUT2D eigenvalue weighted by Gasteiger charge is 2.32. The fourth-order valence-corrected chi connectivity index (χ4v) is 4.86. The number of carbonyl (C=O) groups excluding carboxylic acids is 4. The second kappa shape index (κ2) is 11.7. The van der Waals surface area contributed by atoms with Crippen molar-refractivity contribution in [2.45, 2.75) is 58.7 Å². The summed E-state index contributed by atoms with van der Waals surface area (Å²) < 4.78 is 5.25. The lowest BCUT2D eigenvalue weighted by Gasteiger charge is -2.23. The monoisotopic (exact) mass is 470 g/mol. The minimum absolute atomic E-state index is 0.0919. The van der Waals surface area contributed by atoms with E-state index in [-0.39, 0.29) is 24.7 Å². The Labute approximate surface area is 197 Å². The van der Waals surface area contributed by atoms with Crippen LogP contribution in [0.15, 0.2) is 41.8 Å². The lowest BCUT2D eigenvalue weighted by atomic mass is 9.86. The Morgan fingerprint density at radius 1 is 1.18 bits per heavy atom. The maximum absolute atomic E-state index is 13.1. The first kappa shape index (κ1) is 24.6. The molecule has 7 nitrogen and oxygen atoms in total. The Hall–Kier alpha value is -3.00. The molecule has 0 saturated heterocycles. The highest BCUT2D eigenvalue weighted by molar-refractivity contribution is 7.10. The molecule has 1 aromatic carbocycles. The zero-order valence-electron chi connectivity index (χ0n) is 19.0. The fraction of sp³-hybridized carbons (Fsp3) is 0.440. The molecule has 1 aromatic heterocycles. The van der Waals surface area contributed by atoms with Gasteiger partial charge in [0.2, 0.25) is 5.78 Å². The van der Waals surface area contributed by atoms with Gasteiger partial charge in [-0.2, -0.15) is 0 Å². The molecule has 3 rings (SSSR count). The molecule has 0 saturated carbocycles. The van der Waals surface area contributed by atoms with Gasteiger partial charge in [0.15, 0.2) is 5.78 Å². The number of carbonyl (C=O) groups is 4. The molecule has 33 heavy (non-hydrogen) atoms. The third-order valence-electron chi connectivity index (χ3n) is 5.78. The number of aryl methyl sites for hydroxylation is 1. The molecule has 0 spiro atoms. The highest BCUT2D eigenvalue weighted by Crippen LogP contribution is 2.24. The van der Waals surface area contributed by atoms with E-state index in [1.807, 2.05) is 55.6 Å². The van der Waals surface area contributed by atoms with Gasteiger partial charge >= 0.3 is 6.09 Å². The molecule has 2 atom stereocenters.